The summed E-state index contributed by atoms with van der Waals surface area (Å²) in [5.74, 6) is -1.36. The van der Waals surface area contributed by atoms with Crippen LogP contribution in [0.1, 0.15) is 20.8 Å². The summed E-state index contributed by atoms with van der Waals surface area (Å²) >= 11 is 0. The van der Waals surface area contributed by atoms with Gasteiger partial charge >= 0.3 is 5.97 Å². The van der Waals surface area contributed by atoms with E-state index in [4.69, 9.17) is 9.84 Å². The topological polar surface area (TPSA) is 87.0 Å². The Labute approximate surface area is 88.7 Å². The van der Waals surface area contributed by atoms with Crippen LogP contribution in [0.2, 0.25) is 0 Å². The molecule has 1 fully saturated rings. The molecule has 3 N–H and O–H groups in total. The van der Waals surface area contributed by atoms with Gasteiger partial charge in [0.25, 0.3) is 0 Å². The van der Waals surface area contributed by atoms with Gasteiger partial charge in [0.2, 0.25) is 0 Å². The van der Waals surface area contributed by atoms with Crippen molar-refractivity contribution in [3.8, 4) is 0 Å². The summed E-state index contributed by atoms with van der Waals surface area (Å²) < 4.78 is 5.19. The fraction of sp³-hybridized carbons (Fsp3) is 0.900. The number of aliphatic hydroxyl groups is 2. The normalized spacial score (nSPS) is 41.9. The number of aliphatic hydroxyl groups excluding tert-OH is 2. The van der Waals surface area contributed by atoms with Crippen LogP contribution in [0.3, 0.4) is 0 Å². The third kappa shape index (κ3) is 2.30. The lowest BCUT2D eigenvalue weighted by Crippen LogP contribution is -2.57. The van der Waals surface area contributed by atoms with Crippen LogP contribution in [-0.2, 0) is 9.53 Å². The molecule has 0 amide bonds. The Balaban J connectivity index is 2.83. The van der Waals surface area contributed by atoms with Crippen LogP contribution in [0.15, 0.2) is 0 Å². The number of carbonyl (C=O) groups is 1. The maximum atomic E-state index is 10.7. The summed E-state index contributed by atoms with van der Waals surface area (Å²) in [6.45, 7) is 5.53. The highest BCUT2D eigenvalue weighted by atomic mass is 16.5. The molecule has 15 heavy (non-hydrogen) atoms. The van der Waals surface area contributed by atoms with Gasteiger partial charge in [0, 0.05) is 5.92 Å². The Hall–Kier alpha value is -0.650. The lowest BCUT2D eigenvalue weighted by atomic mass is 9.80. The second-order valence-electron chi connectivity index (χ2n) is 4.40. The van der Waals surface area contributed by atoms with Crippen LogP contribution in [0.5, 0.6) is 0 Å². The first-order valence-corrected chi connectivity index (χ1v) is 5.10. The van der Waals surface area contributed by atoms with E-state index in [1.165, 1.54) is 0 Å². The molecule has 0 aromatic heterocycles. The number of rotatable bonds is 2. The van der Waals surface area contributed by atoms with E-state index < -0.39 is 24.3 Å². The molecule has 88 valence electrons. The van der Waals surface area contributed by atoms with E-state index in [1.54, 1.807) is 6.92 Å². The van der Waals surface area contributed by atoms with Crippen LogP contribution in [0.4, 0.5) is 0 Å². The van der Waals surface area contributed by atoms with E-state index in [0.717, 1.165) is 0 Å². The molecule has 1 saturated heterocycles. The second-order valence-corrected chi connectivity index (χ2v) is 4.40. The monoisotopic (exact) mass is 218 g/mol. The number of carboxylic acids is 1. The van der Waals surface area contributed by atoms with Crippen LogP contribution < -0.4 is 0 Å². The highest BCUT2D eigenvalue weighted by Gasteiger charge is 2.46. The van der Waals surface area contributed by atoms with Gasteiger partial charge < -0.3 is 20.1 Å². The largest absolute Gasteiger partial charge is 0.479 e. The molecule has 5 atom stereocenters. The van der Waals surface area contributed by atoms with Crippen molar-refractivity contribution in [2.45, 2.75) is 45.2 Å². The van der Waals surface area contributed by atoms with Crippen molar-refractivity contribution < 1.29 is 24.9 Å². The van der Waals surface area contributed by atoms with Crippen LogP contribution >= 0.6 is 0 Å². The molecule has 0 bridgehead atoms. The Bertz CT molecular complexity index is 240. The number of carboxylic acid groups (broad SMARTS) is 1. The second kappa shape index (κ2) is 4.47. The third-order valence-corrected chi connectivity index (χ3v) is 2.97. The zero-order chi connectivity index (χ0) is 11.7. The minimum atomic E-state index is -1.36. The summed E-state index contributed by atoms with van der Waals surface area (Å²) in [6.07, 6.45) is -4.10. The van der Waals surface area contributed by atoms with E-state index in [0.29, 0.717) is 0 Å². The molecule has 1 aliphatic heterocycles. The molecular weight excluding hydrogens is 200 g/mol. The fourth-order valence-corrected chi connectivity index (χ4v) is 2.23. The van der Waals surface area contributed by atoms with Crippen molar-refractivity contribution in [2.75, 3.05) is 0 Å². The lowest BCUT2D eigenvalue weighted by molar-refractivity contribution is -0.214. The Morgan fingerprint density at radius 3 is 2.20 bits per heavy atom. The lowest BCUT2D eigenvalue weighted by Gasteiger charge is -2.42. The first kappa shape index (κ1) is 12.4. The Morgan fingerprint density at radius 1 is 1.27 bits per heavy atom. The minimum Gasteiger partial charge on any atom is -0.479 e. The molecule has 5 unspecified atom stereocenters. The molecule has 5 nitrogen and oxygen atoms in total. The van der Waals surface area contributed by atoms with Crippen molar-refractivity contribution in [2.24, 2.45) is 11.8 Å². The smallest absolute Gasteiger partial charge is 0.335 e. The van der Waals surface area contributed by atoms with Gasteiger partial charge in [-0.2, -0.15) is 0 Å². The number of hydrogen-bond donors (Lipinski definition) is 3. The zero-order valence-electron chi connectivity index (χ0n) is 9.12. The van der Waals surface area contributed by atoms with Crippen molar-refractivity contribution in [1.82, 2.24) is 0 Å². The summed E-state index contributed by atoms with van der Waals surface area (Å²) in [7, 11) is 0. The quantitative estimate of drug-likeness (QED) is 0.600. The molecule has 1 heterocycles. The van der Waals surface area contributed by atoms with Gasteiger partial charge in [-0.15, -0.1) is 0 Å². The Morgan fingerprint density at radius 2 is 1.80 bits per heavy atom. The molecule has 0 aromatic rings. The molecular formula is C10H18O5. The van der Waals surface area contributed by atoms with Gasteiger partial charge in [-0.1, -0.05) is 13.8 Å². The summed E-state index contributed by atoms with van der Waals surface area (Å²) in [6, 6.07) is 0. The maximum absolute atomic E-state index is 10.7. The molecule has 5 heteroatoms. The molecule has 0 aliphatic carbocycles. The molecule has 0 radical (unpaired) electrons. The van der Waals surface area contributed by atoms with Gasteiger partial charge in [0.15, 0.2) is 6.10 Å². The van der Waals surface area contributed by atoms with Gasteiger partial charge in [0.1, 0.15) is 6.10 Å². The third-order valence-electron chi connectivity index (χ3n) is 2.97. The van der Waals surface area contributed by atoms with Crippen molar-refractivity contribution in [1.29, 1.82) is 0 Å². The average Bonchev–Trinajstić information content (AvgIpc) is 2.10. The van der Waals surface area contributed by atoms with Crippen LogP contribution in [-0.4, -0.2) is 45.7 Å². The van der Waals surface area contributed by atoms with Gasteiger partial charge in [-0.05, 0) is 12.8 Å². The van der Waals surface area contributed by atoms with Crippen molar-refractivity contribution in [3.63, 3.8) is 0 Å². The van der Waals surface area contributed by atoms with Crippen LogP contribution in [0.25, 0.3) is 0 Å². The van der Waals surface area contributed by atoms with E-state index in [9.17, 15) is 15.0 Å². The molecule has 0 saturated carbocycles. The van der Waals surface area contributed by atoms with E-state index in [-0.39, 0.29) is 17.9 Å². The van der Waals surface area contributed by atoms with E-state index in [2.05, 4.69) is 0 Å². The molecule has 0 aromatic carbocycles. The van der Waals surface area contributed by atoms with Gasteiger partial charge in [-0.25, -0.2) is 4.79 Å². The summed E-state index contributed by atoms with van der Waals surface area (Å²) in [5, 5.41) is 28.2. The highest BCUT2D eigenvalue weighted by molar-refractivity contribution is 5.73. The first-order chi connectivity index (χ1) is 6.86. The van der Waals surface area contributed by atoms with E-state index >= 15 is 0 Å². The maximum Gasteiger partial charge on any atom is 0.335 e. The van der Waals surface area contributed by atoms with Crippen molar-refractivity contribution in [3.05, 3.63) is 0 Å². The predicted octanol–water partition coefficient (Wildman–Crippen LogP) is -0.148. The average molecular weight is 218 g/mol. The Kier molecular flexibility index (Phi) is 3.70. The first-order valence-electron chi connectivity index (χ1n) is 5.10. The highest BCUT2D eigenvalue weighted by Crippen LogP contribution is 2.31. The molecule has 0 spiro atoms. The standard InChI is InChI=1S/C10H18O5/c1-4(2)6-5(3)15-9(10(13)14)8(12)7(6)11/h4-9,11-12H,1-3H3,(H,13,14). The number of hydrogen-bond acceptors (Lipinski definition) is 4. The zero-order valence-corrected chi connectivity index (χ0v) is 9.12. The van der Waals surface area contributed by atoms with E-state index in [1.807, 2.05) is 13.8 Å². The van der Waals surface area contributed by atoms with Gasteiger partial charge in [0.05, 0.1) is 12.2 Å². The molecule has 1 rings (SSSR count). The molecule has 1 aliphatic rings. The summed E-state index contributed by atoms with van der Waals surface area (Å²) in [5.41, 5.74) is 0. The minimum absolute atomic E-state index is 0.124. The van der Waals surface area contributed by atoms with Crippen molar-refractivity contribution >= 4 is 5.97 Å². The number of aliphatic carboxylic acids is 1. The van der Waals surface area contributed by atoms with Crippen LogP contribution in [0, 0.1) is 11.8 Å². The predicted molar refractivity (Wildman–Crippen MR) is 52.3 cm³/mol. The fourth-order valence-electron chi connectivity index (χ4n) is 2.23. The SMILES string of the molecule is CC(C)C1C(C)OC(C(=O)O)C(O)C1O. The number of ether oxygens (including phenoxy) is 1. The van der Waals surface area contributed by atoms with Gasteiger partial charge in [-0.3, -0.25) is 0 Å². The summed E-state index contributed by atoms with van der Waals surface area (Å²) in [4.78, 5) is 10.7.